The van der Waals surface area contributed by atoms with Crippen LogP contribution in [0.25, 0.3) is 10.8 Å². The maximum absolute atomic E-state index is 12.4. The lowest BCUT2D eigenvalue weighted by Crippen LogP contribution is -2.40. The first-order valence-electron chi connectivity index (χ1n) is 10.1. The highest BCUT2D eigenvalue weighted by Gasteiger charge is 2.22. The van der Waals surface area contributed by atoms with Crippen LogP contribution in [0.5, 0.6) is 0 Å². The van der Waals surface area contributed by atoms with Gasteiger partial charge in [0, 0.05) is 37.4 Å². The lowest BCUT2D eigenvalue weighted by molar-refractivity contribution is 0.169. The second kappa shape index (κ2) is 9.03. The van der Waals surface area contributed by atoms with Gasteiger partial charge in [-0.25, -0.2) is 13.1 Å². The first-order chi connectivity index (χ1) is 14.1. The van der Waals surface area contributed by atoms with Crippen LogP contribution >= 0.6 is 0 Å². The van der Waals surface area contributed by atoms with Crippen molar-refractivity contribution in [3.05, 3.63) is 78.1 Å². The van der Waals surface area contributed by atoms with E-state index in [9.17, 15) is 8.42 Å². The van der Waals surface area contributed by atoms with Crippen LogP contribution in [0.4, 0.5) is 0 Å². The summed E-state index contributed by atoms with van der Waals surface area (Å²) >= 11 is 0. The number of hydrogen-bond donors (Lipinski definition) is 1. The Morgan fingerprint density at radius 3 is 2.79 bits per heavy atom. The van der Waals surface area contributed by atoms with Crippen LogP contribution in [0.15, 0.2) is 67.0 Å². The normalized spacial score (nSPS) is 18.1. The number of rotatable bonds is 7. The largest absolute Gasteiger partial charge is 0.299 e. The van der Waals surface area contributed by atoms with E-state index in [4.69, 9.17) is 0 Å². The van der Waals surface area contributed by atoms with Crippen LogP contribution in [-0.2, 0) is 22.3 Å². The van der Waals surface area contributed by atoms with Crippen molar-refractivity contribution in [2.45, 2.75) is 25.1 Å². The van der Waals surface area contributed by atoms with Crippen molar-refractivity contribution in [1.82, 2.24) is 14.6 Å². The Balaban J connectivity index is 1.35. The Morgan fingerprint density at radius 2 is 1.93 bits per heavy atom. The van der Waals surface area contributed by atoms with Crippen molar-refractivity contribution in [2.24, 2.45) is 5.92 Å². The number of nitrogens with zero attached hydrogens (tertiary/aromatic N) is 2. The zero-order chi connectivity index (χ0) is 20.1. The number of piperidine rings is 1. The molecule has 0 unspecified atom stereocenters. The van der Waals surface area contributed by atoms with Gasteiger partial charge in [0.15, 0.2) is 0 Å². The predicted molar refractivity (Wildman–Crippen MR) is 117 cm³/mol. The summed E-state index contributed by atoms with van der Waals surface area (Å²) in [4.78, 5) is 6.65. The first-order valence-corrected chi connectivity index (χ1v) is 11.8. The Morgan fingerprint density at radius 1 is 1.07 bits per heavy atom. The monoisotopic (exact) mass is 409 g/mol. The van der Waals surface area contributed by atoms with E-state index >= 15 is 0 Å². The van der Waals surface area contributed by atoms with Crippen LogP contribution < -0.4 is 4.72 Å². The Labute approximate surface area is 172 Å². The van der Waals surface area contributed by atoms with Gasteiger partial charge in [0.2, 0.25) is 10.0 Å². The summed E-state index contributed by atoms with van der Waals surface area (Å²) in [5.41, 5.74) is 2.12. The number of pyridine rings is 1. The molecular formula is C23H27N3O2S. The molecule has 5 nitrogen and oxygen atoms in total. The average Bonchev–Trinajstić information content (AvgIpc) is 2.73. The number of hydrogen-bond acceptors (Lipinski definition) is 4. The molecule has 1 fully saturated rings. The SMILES string of the molecule is O=S(=O)(Cc1ccccc1)NC[C@H]1CCCN(Cc2cccc3cnccc23)C1. The van der Waals surface area contributed by atoms with Gasteiger partial charge in [-0.2, -0.15) is 0 Å². The molecule has 0 aliphatic carbocycles. The molecule has 0 amide bonds. The van der Waals surface area contributed by atoms with Gasteiger partial charge in [-0.1, -0.05) is 48.5 Å². The van der Waals surface area contributed by atoms with E-state index in [0.717, 1.165) is 43.4 Å². The third-order valence-electron chi connectivity index (χ3n) is 5.56. The molecule has 0 radical (unpaired) electrons. The molecule has 1 atom stereocenters. The van der Waals surface area contributed by atoms with Crippen molar-refractivity contribution < 1.29 is 8.42 Å². The second-order valence-electron chi connectivity index (χ2n) is 7.85. The molecule has 1 saturated heterocycles. The lowest BCUT2D eigenvalue weighted by atomic mass is 9.97. The molecule has 1 aliphatic rings. The van der Waals surface area contributed by atoms with E-state index in [1.807, 2.05) is 42.7 Å². The summed E-state index contributed by atoms with van der Waals surface area (Å²) in [7, 11) is -3.31. The molecule has 152 valence electrons. The fourth-order valence-electron chi connectivity index (χ4n) is 4.12. The topological polar surface area (TPSA) is 62.3 Å². The van der Waals surface area contributed by atoms with Gasteiger partial charge in [-0.3, -0.25) is 9.88 Å². The summed E-state index contributed by atoms with van der Waals surface area (Å²) < 4.78 is 27.7. The second-order valence-corrected chi connectivity index (χ2v) is 9.66. The molecule has 6 heteroatoms. The van der Waals surface area contributed by atoms with Crippen molar-refractivity contribution in [2.75, 3.05) is 19.6 Å². The summed E-state index contributed by atoms with van der Waals surface area (Å²) in [6.07, 6.45) is 5.90. The highest BCUT2D eigenvalue weighted by molar-refractivity contribution is 7.88. The van der Waals surface area contributed by atoms with Gasteiger partial charge < -0.3 is 0 Å². The summed E-state index contributed by atoms with van der Waals surface area (Å²) in [6, 6.07) is 17.7. The minimum absolute atomic E-state index is 0.0360. The average molecular weight is 410 g/mol. The van der Waals surface area contributed by atoms with E-state index in [1.165, 1.54) is 10.9 Å². The molecule has 0 spiro atoms. The quantitative estimate of drug-likeness (QED) is 0.648. The fourth-order valence-corrected chi connectivity index (χ4v) is 5.34. The van der Waals surface area contributed by atoms with E-state index < -0.39 is 10.0 Å². The van der Waals surface area contributed by atoms with Gasteiger partial charge in [0.1, 0.15) is 0 Å². The van der Waals surface area contributed by atoms with Crippen molar-refractivity contribution in [3.8, 4) is 0 Å². The van der Waals surface area contributed by atoms with Gasteiger partial charge in [-0.15, -0.1) is 0 Å². The summed E-state index contributed by atoms with van der Waals surface area (Å²) in [5.74, 6) is 0.375. The van der Waals surface area contributed by atoms with Gasteiger partial charge in [-0.05, 0) is 47.9 Å². The number of aromatic nitrogens is 1. The molecule has 3 aromatic rings. The molecule has 29 heavy (non-hydrogen) atoms. The first kappa shape index (κ1) is 20.0. The van der Waals surface area contributed by atoms with E-state index in [1.54, 1.807) is 0 Å². The van der Waals surface area contributed by atoms with Crippen molar-refractivity contribution in [3.63, 3.8) is 0 Å². The molecule has 0 bridgehead atoms. The predicted octanol–water partition coefficient (Wildman–Crippen LogP) is 3.57. The molecule has 2 heterocycles. The molecule has 4 rings (SSSR count). The highest BCUT2D eigenvalue weighted by atomic mass is 32.2. The summed E-state index contributed by atoms with van der Waals surface area (Å²) in [6.45, 7) is 3.35. The smallest absolute Gasteiger partial charge is 0.215 e. The number of benzene rings is 2. The summed E-state index contributed by atoms with van der Waals surface area (Å²) in [5, 5.41) is 2.40. The number of likely N-dealkylation sites (tertiary alicyclic amines) is 1. The van der Waals surface area contributed by atoms with Crippen molar-refractivity contribution >= 4 is 20.8 Å². The maximum atomic E-state index is 12.4. The van der Waals surface area contributed by atoms with E-state index in [0.29, 0.717) is 12.5 Å². The maximum Gasteiger partial charge on any atom is 0.215 e. The third-order valence-corrected chi connectivity index (χ3v) is 6.88. The fraction of sp³-hybridized carbons (Fsp3) is 0.348. The van der Waals surface area contributed by atoms with E-state index in [2.05, 4.69) is 38.9 Å². The Bertz CT molecular complexity index is 1050. The molecule has 1 N–H and O–H groups in total. The van der Waals surface area contributed by atoms with Crippen molar-refractivity contribution in [1.29, 1.82) is 0 Å². The molecule has 1 aromatic heterocycles. The number of fused-ring (bicyclic) bond motifs is 1. The third kappa shape index (κ3) is 5.41. The highest BCUT2D eigenvalue weighted by Crippen LogP contribution is 2.23. The Kier molecular flexibility index (Phi) is 6.23. The number of sulfonamides is 1. The lowest BCUT2D eigenvalue weighted by Gasteiger charge is -2.33. The van der Waals surface area contributed by atoms with Gasteiger partial charge >= 0.3 is 0 Å². The van der Waals surface area contributed by atoms with E-state index in [-0.39, 0.29) is 5.75 Å². The Hall–Kier alpha value is -2.28. The molecule has 1 aliphatic heterocycles. The zero-order valence-electron chi connectivity index (χ0n) is 16.5. The zero-order valence-corrected chi connectivity index (χ0v) is 17.3. The van der Waals surface area contributed by atoms with Gasteiger partial charge in [0.25, 0.3) is 0 Å². The van der Waals surface area contributed by atoms with Crippen LogP contribution in [-0.4, -0.2) is 37.9 Å². The standard InChI is InChI=1S/C23H27N3O2S/c27-29(28,18-19-6-2-1-3-7-19)25-14-20-8-5-13-26(16-20)17-22-10-4-9-21-15-24-12-11-23(21)22/h1-4,6-7,9-12,15,20,25H,5,8,13-14,16-18H2/t20-/m1/s1. The van der Waals surface area contributed by atoms with Gasteiger partial charge in [0.05, 0.1) is 5.75 Å². The molecular weight excluding hydrogens is 382 g/mol. The molecule has 2 aromatic carbocycles. The van der Waals surface area contributed by atoms with Crippen LogP contribution in [0.2, 0.25) is 0 Å². The molecule has 0 saturated carbocycles. The minimum atomic E-state index is -3.31. The van der Waals surface area contributed by atoms with Crippen LogP contribution in [0.3, 0.4) is 0 Å². The minimum Gasteiger partial charge on any atom is -0.299 e. The van der Waals surface area contributed by atoms with Crippen LogP contribution in [0.1, 0.15) is 24.0 Å². The van der Waals surface area contributed by atoms with Crippen LogP contribution in [0, 0.1) is 5.92 Å². The number of nitrogens with one attached hydrogen (secondary N) is 1.